The lowest BCUT2D eigenvalue weighted by molar-refractivity contribution is 0.0955. The summed E-state index contributed by atoms with van der Waals surface area (Å²) in [6, 6.07) is 1.44. The van der Waals surface area contributed by atoms with Crippen molar-refractivity contribution < 1.29 is 13.2 Å². The second-order valence-electron chi connectivity index (χ2n) is 5.68. The molecule has 22 heavy (non-hydrogen) atoms. The summed E-state index contributed by atoms with van der Waals surface area (Å²) in [5, 5.41) is 5.62. The molecule has 0 spiro atoms. The summed E-state index contributed by atoms with van der Waals surface area (Å²) in [5.74, 6) is 0.0336. The van der Waals surface area contributed by atoms with E-state index in [-0.39, 0.29) is 10.8 Å². The van der Waals surface area contributed by atoms with Crippen LogP contribution in [-0.4, -0.2) is 56.9 Å². The van der Waals surface area contributed by atoms with Crippen molar-refractivity contribution in [1.29, 1.82) is 0 Å². The monoisotopic (exact) mass is 328 g/mol. The number of aromatic nitrogens is 1. The quantitative estimate of drug-likeness (QED) is 0.797. The largest absolute Gasteiger partial charge is 0.354 e. The number of amides is 1. The Morgan fingerprint density at radius 1 is 1.41 bits per heavy atom. The van der Waals surface area contributed by atoms with Gasteiger partial charge in [0.25, 0.3) is 5.91 Å². The minimum Gasteiger partial charge on any atom is -0.354 e. The third-order valence-electron chi connectivity index (χ3n) is 4.05. The van der Waals surface area contributed by atoms with E-state index in [9.17, 15) is 13.2 Å². The van der Waals surface area contributed by atoms with Crippen LogP contribution >= 0.6 is 0 Å². The summed E-state index contributed by atoms with van der Waals surface area (Å²) >= 11 is 0. The van der Waals surface area contributed by atoms with Gasteiger partial charge >= 0.3 is 0 Å². The molecule has 124 valence electrons. The Labute approximate surface area is 131 Å². The predicted molar refractivity (Wildman–Crippen MR) is 84.2 cm³/mol. The number of carbonyl (C=O) groups is 1. The lowest BCUT2D eigenvalue weighted by atomic mass is 10.00. The SMILES string of the molecule is CNCC1CCCN(S(=O)(=O)c2cc(C(=O)NC)n(C)c2)C1. The van der Waals surface area contributed by atoms with Crippen molar-refractivity contribution in [1.82, 2.24) is 19.5 Å². The number of hydrogen-bond acceptors (Lipinski definition) is 4. The predicted octanol–water partition coefficient (Wildman–Crippen LogP) is 0.00480. The van der Waals surface area contributed by atoms with Crippen molar-refractivity contribution in [3.63, 3.8) is 0 Å². The number of hydrogen-bond donors (Lipinski definition) is 2. The Hall–Kier alpha value is -1.38. The maximum atomic E-state index is 12.8. The van der Waals surface area contributed by atoms with Gasteiger partial charge in [0.05, 0.1) is 0 Å². The average molecular weight is 328 g/mol. The van der Waals surface area contributed by atoms with Crippen molar-refractivity contribution in [2.24, 2.45) is 13.0 Å². The van der Waals surface area contributed by atoms with E-state index in [2.05, 4.69) is 10.6 Å². The first-order valence-corrected chi connectivity index (χ1v) is 8.87. The van der Waals surface area contributed by atoms with Crippen LogP contribution in [0.5, 0.6) is 0 Å². The van der Waals surface area contributed by atoms with Crippen LogP contribution < -0.4 is 10.6 Å². The number of rotatable bonds is 5. The molecular formula is C14H24N4O3S. The van der Waals surface area contributed by atoms with Gasteiger partial charge in [0.15, 0.2) is 0 Å². The molecule has 2 heterocycles. The highest BCUT2D eigenvalue weighted by Crippen LogP contribution is 2.24. The van der Waals surface area contributed by atoms with Crippen LogP contribution in [0.25, 0.3) is 0 Å². The van der Waals surface area contributed by atoms with Crippen LogP contribution in [0.15, 0.2) is 17.2 Å². The van der Waals surface area contributed by atoms with E-state index in [0.29, 0.717) is 24.7 Å². The molecule has 0 bridgehead atoms. The average Bonchev–Trinajstić information content (AvgIpc) is 2.90. The molecule has 2 rings (SSSR count). The van der Waals surface area contributed by atoms with Crippen LogP contribution in [-0.2, 0) is 17.1 Å². The molecule has 1 aromatic rings. The van der Waals surface area contributed by atoms with Crippen molar-refractivity contribution in [2.45, 2.75) is 17.7 Å². The first-order valence-electron chi connectivity index (χ1n) is 7.43. The lowest BCUT2D eigenvalue weighted by Crippen LogP contribution is -2.42. The molecule has 1 aliphatic rings. The molecule has 0 radical (unpaired) electrons. The van der Waals surface area contributed by atoms with Crippen LogP contribution in [0, 0.1) is 5.92 Å². The van der Waals surface area contributed by atoms with E-state index < -0.39 is 10.0 Å². The van der Waals surface area contributed by atoms with Gasteiger partial charge in [-0.2, -0.15) is 4.31 Å². The minimum absolute atomic E-state index is 0.179. The number of piperidine rings is 1. The molecule has 0 saturated carbocycles. The minimum atomic E-state index is -3.55. The second kappa shape index (κ2) is 6.80. The number of sulfonamides is 1. The van der Waals surface area contributed by atoms with Crippen LogP contribution in [0.3, 0.4) is 0 Å². The topological polar surface area (TPSA) is 83.4 Å². The van der Waals surface area contributed by atoms with Gasteiger partial charge in [-0.15, -0.1) is 0 Å². The van der Waals surface area contributed by atoms with Gasteiger partial charge in [0.1, 0.15) is 10.6 Å². The fourth-order valence-electron chi connectivity index (χ4n) is 2.88. The van der Waals surface area contributed by atoms with Crippen molar-refractivity contribution in [2.75, 3.05) is 33.7 Å². The summed E-state index contributed by atoms with van der Waals surface area (Å²) in [5.41, 5.74) is 0.338. The molecule has 1 amide bonds. The Morgan fingerprint density at radius 2 is 2.14 bits per heavy atom. The maximum absolute atomic E-state index is 12.8. The van der Waals surface area contributed by atoms with E-state index >= 15 is 0 Å². The first-order chi connectivity index (χ1) is 10.4. The molecule has 7 nitrogen and oxygen atoms in total. The molecule has 1 atom stereocenters. The fourth-order valence-corrected chi connectivity index (χ4v) is 4.51. The zero-order chi connectivity index (χ0) is 16.3. The summed E-state index contributed by atoms with van der Waals surface area (Å²) in [6.07, 6.45) is 3.40. The fraction of sp³-hybridized carbons (Fsp3) is 0.643. The number of aryl methyl sites for hydroxylation is 1. The van der Waals surface area contributed by atoms with Crippen LogP contribution in [0.4, 0.5) is 0 Å². The summed E-state index contributed by atoms with van der Waals surface area (Å²) < 4.78 is 28.6. The highest BCUT2D eigenvalue weighted by atomic mass is 32.2. The van der Waals surface area contributed by atoms with Crippen molar-refractivity contribution >= 4 is 15.9 Å². The molecule has 8 heteroatoms. The Morgan fingerprint density at radius 3 is 2.77 bits per heavy atom. The van der Waals surface area contributed by atoms with E-state index in [1.54, 1.807) is 11.6 Å². The second-order valence-corrected chi connectivity index (χ2v) is 7.62. The van der Waals surface area contributed by atoms with E-state index in [1.807, 2.05) is 7.05 Å². The van der Waals surface area contributed by atoms with Gasteiger partial charge in [-0.05, 0) is 38.4 Å². The summed E-state index contributed by atoms with van der Waals surface area (Å²) in [7, 11) is 1.52. The van der Waals surface area contributed by atoms with Crippen molar-refractivity contribution in [3.05, 3.63) is 18.0 Å². The zero-order valence-electron chi connectivity index (χ0n) is 13.3. The number of nitrogens with one attached hydrogen (secondary N) is 2. The molecule has 1 aromatic heterocycles. The van der Waals surface area contributed by atoms with Gasteiger partial charge < -0.3 is 15.2 Å². The third kappa shape index (κ3) is 3.34. The number of carbonyl (C=O) groups excluding carboxylic acids is 1. The number of nitrogens with zero attached hydrogens (tertiary/aromatic N) is 2. The summed E-state index contributed by atoms with van der Waals surface area (Å²) in [4.78, 5) is 11.9. The van der Waals surface area contributed by atoms with E-state index in [1.165, 1.54) is 23.6 Å². The normalized spacial score (nSPS) is 20.0. The Kier molecular flexibility index (Phi) is 5.25. The van der Waals surface area contributed by atoms with Gasteiger partial charge in [0, 0.05) is 33.4 Å². The maximum Gasteiger partial charge on any atom is 0.267 e. The van der Waals surface area contributed by atoms with Crippen molar-refractivity contribution in [3.8, 4) is 0 Å². The Balaban J connectivity index is 2.25. The molecule has 1 unspecified atom stereocenters. The molecule has 0 aliphatic carbocycles. The highest BCUT2D eigenvalue weighted by molar-refractivity contribution is 7.89. The van der Waals surface area contributed by atoms with Gasteiger partial charge in [0.2, 0.25) is 10.0 Å². The zero-order valence-corrected chi connectivity index (χ0v) is 14.1. The highest BCUT2D eigenvalue weighted by Gasteiger charge is 2.31. The molecule has 1 aliphatic heterocycles. The molecule has 2 N–H and O–H groups in total. The van der Waals surface area contributed by atoms with Crippen LogP contribution in [0.2, 0.25) is 0 Å². The molecule has 0 aromatic carbocycles. The van der Waals surface area contributed by atoms with Gasteiger partial charge in [-0.25, -0.2) is 8.42 Å². The van der Waals surface area contributed by atoms with Gasteiger partial charge in [-0.1, -0.05) is 0 Å². The molecule has 1 saturated heterocycles. The lowest BCUT2D eigenvalue weighted by Gasteiger charge is -2.31. The molecular weight excluding hydrogens is 304 g/mol. The third-order valence-corrected chi connectivity index (χ3v) is 5.88. The Bertz CT molecular complexity index is 637. The summed E-state index contributed by atoms with van der Waals surface area (Å²) in [6.45, 7) is 1.87. The first kappa shape index (κ1) is 17.0. The van der Waals surface area contributed by atoms with E-state index in [4.69, 9.17) is 0 Å². The molecule has 1 fully saturated rings. The van der Waals surface area contributed by atoms with E-state index in [0.717, 1.165) is 19.4 Å². The van der Waals surface area contributed by atoms with Gasteiger partial charge in [-0.3, -0.25) is 4.79 Å². The van der Waals surface area contributed by atoms with Crippen LogP contribution in [0.1, 0.15) is 23.3 Å². The standard InChI is InChI=1S/C14H24N4O3S/c1-15-8-11-5-4-6-18(9-11)22(20,21)12-7-13(14(19)16-2)17(3)10-12/h7,10-11,15H,4-6,8-9H2,1-3H3,(H,16,19). The smallest absolute Gasteiger partial charge is 0.267 e.